The second-order valence-corrected chi connectivity index (χ2v) is 5.77. The van der Waals surface area contributed by atoms with Gasteiger partial charge >= 0.3 is 0 Å². The van der Waals surface area contributed by atoms with Gasteiger partial charge < -0.3 is 15.2 Å². The number of rotatable bonds is 6. The lowest BCUT2D eigenvalue weighted by Crippen LogP contribution is -2.36. The Bertz CT molecular complexity index is 676. The summed E-state index contributed by atoms with van der Waals surface area (Å²) in [5, 5.41) is 11.6. The Labute approximate surface area is 169 Å². The molecule has 0 atom stereocenters. The number of nitrogens with zero attached hydrogens (tertiary/aromatic N) is 2. The molecule has 0 saturated carbocycles. The summed E-state index contributed by atoms with van der Waals surface area (Å²) in [6.07, 6.45) is 0.854. The van der Waals surface area contributed by atoms with Crippen molar-refractivity contribution < 1.29 is 4.52 Å². The van der Waals surface area contributed by atoms with Gasteiger partial charge in [-0.1, -0.05) is 41.3 Å². The molecule has 0 unspecified atom stereocenters. The molecule has 0 fully saturated rings. The highest BCUT2D eigenvalue weighted by Gasteiger charge is 2.05. The molecule has 2 rings (SSSR count). The Morgan fingerprint density at radius 3 is 2.62 bits per heavy atom. The number of halogens is 3. The minimum atomic E-state index is 0. The first-order chi connectivity index (χ1) is 11.1. The molecule has 0 radical (unpaired) electrons. The van der Waals surface area contributed by atoms with Gasteiger partial charge in [-0.25, -0.2) is 4.99 Å². The van der Waals surface area contributed by atoms with Crippen molar-refractivity contribution in [3.63, 3.8) is 0 Å². The van der Waals surface area contributed by atoms with Gasteiger partial charge in [0.2, 0.25) is 0 Å². The summed E-state index contributed by atoms with van der Waals surface area (Å²) in [4.78, 5) is 4.52. The molecule has 0 spiro atoms. The zero-order valence-corrected chi connectivity index (χ0v) is 17.4. The predicted octanol–water partition coefficient (Wildman–Crippen LogP) is 4.42. The smallest absolute Gasteiger partial charge is 0.191 e. The highest BCUT2D eigenvalue weighted by molar-refractivity contribution is 14.0. The monoisotopic (exact) mass is 482 g/mol. The van der Waals surface area contributed by atoms with E-state index >= 15 is 0 Å². The van der Waals surface area contributed by atoms with Crippen LogP contribution in [-0.4, -0.2) is 17.7 Å². The van der Waals surface area contributed by atoms with Gasteiger partial charge in [0.15, 0.2) is 11.7 Å². The van der Waals surface area contributed by atoms with Crippen LogP contribution >= 0.6 is 47.2 Å². The number of guanidine groups is 1. The van der Waals surface area contributed by atoms with E-state index in [1.165, 1.54) is 0 Å². The third kappa shape index (κ3) is 6.49. The normalized spacial score (nSPS) is 11.1. The van der Waals surface area contributed by atoms with Crippen LogP contribution in [0, 0.1) is 0 Å². The quantitative estimate of drug-likeness (QED) is 0.363. The van der Waals surface area contributed by atoms with Crippen LogP contribution in [-0.2, 0) is 19.5 Å². The van der Waals surface area contributed by atoms with E-state index < -0.39 is 0 Å². The highest BCUT2D eigenvalue weighted by atomic mass is 127. The van der Waals surface area contributed by atoms with Gasteiger partial charge in [0.1, 0.15) is 0 Å². The van der Waals surface area contributed by atoms with Crippen molar-refractivity contribution in [2.45, 2.75) is 33.4 Å². The summed E-state index contributed by atoms with van der Waals surface area (Å²) in [6.45, 7) is 5.79. The maximum Gasteiger partial charge on any atom is 0.191 e. The highest BCUT2D eigenvalue weighted by Crippen LogP contribution is 2.21. The van der Waals surface area contributed by atoms with Crippen LogP contribution in [0.15, 0.2) is 33.8 Å². The molecule has 5 nitrogen and oxygen atoms in total. The molecule has 0 saturated heterocycles. The van der Waals surface area contributed by atoms with Crippen LogP contribution in [0.4, 0.5) is 0 Å². The van der Waals surface area contributed by atoms with Crippen molar-refractivity contribution in [1.29, 1.82) is 0 Å². The van der Waals surface area contributed by atoms with Gasteiger partial charge in [-0.3, -0.25) is 0 Å². The largest absolute Gasteiger partial charge is 0.359 e. The van der Waals surface area contributed by atoms with E-state index in [9.17, 15) is 0 Å². The molecule has 0 aliphatic rings. The van der Waals surface area contributed by atoms with Crippen LogP contribution < -0.4 is 10.6 Å². The summed E-state index contributed by atoms with van der Waals surface area (Å²) in [6, 6.07) is 7.34. The molecule has 1 aromatic carbocycles. The molecule has 1 aromatic heterocycles. The molecular formula is C16H21Cl2IN4O. The fourth-order valence-electron chi connectivity index (χ4n) is 1.93. The number of aliphatic imine (C=N–C) groups is 1. The molecule has 1 heterocycles. The summed E-state index contributed by atoms with van der Waals surface area (Å²) in [5.41, 5.74) is 1.86. The lowest BCUT2D eigenvalue weighted by molar-refractivity contribution is 0.374. The van der Waals surface area contributed by atoms with Gasteiger partial charge in [-0.05, 0) is 31.0 Å². The van der Waals surface area contributed by atoms with Crippen LogP contribution in [0.5, 0.6) is 0 Å². The number of aromatic nitrogens is 1. The molecule has 2 N–H and O–H groups in total. The maximum absolute atomic E-state index is 6.16. The molecular weight excluding hydrogens is 462 g/mol. The Morgan fingerprint density at radius 2 is 2.00 bits per heavy atom. The first-order valence-electron chi connectivity index (χ1n) is 7.53. The molecule has 8 heteroatoms. The van der Waals surface area contributed by atoms with Crippen LogP contribution in [0.3, 0.4) is 0 Å². The SMILES string of the molecule is CCNC(=NCc1ccc(Cl)cc1Cl)NCc1cc(CC)no1.I. The van der Waals surface area contributed by atoms with Gasteiger partial charge in [-0.2, -0.15) is 0 Å². The summed E-state index contributed by atoms with van der Waals surface area (Å²) < 4.78 is 5.25. The van der Waals surface area contributed by atoms with E-state index in [1.807, 2.05) is 26.0 Å². The van der Waals surface area contributed by atoms with Gasteiger partial charge in [-0.15, -0.1) is 24.0 Å². The van der Waals surface area contributed by atoms with Crippen LogP contribution in [0.1, 0.15) is 30.9 Å². The number of benzene rings is 1. The van der Waals surface area contributed by atoms with Crippen molar-refractivity contribution in [3.05, 3.63) is 51.3 Å². The number of aryl methyl sites for hydroxylation is 1. The van der Waals surface area contributed by atoms with E-state index in [0.717, 1.165) is 30.0 Å². The van der Waals surface area contributed by atoms with Gasteiger partial charge in [0.25, 0.3) is 0 Å². The minimum absolute atomic E-state index is 0. The standard InChI is InChI=1S/C16H20Cl2N4O.HI/c1-3-13-8-14(23-22-13)10-21-16(19-4-2)20-9-11-5-6-12(17)7-15(11)18;/h5-8H,3-4,9-10H2,1-2H3,(H2,19,20,21);1H. The fraction of sp³-hybridized carbons (Fsp3) is 0.375. The maximum atomic E-state index is 6.16. The van der Waals surface area contributed by atoms with Crippen LogP contribution in [0.25, 0.3) is 0 Å². The topological polar surface area (TPSA) is 62.5 Å². The number of nitrogens with one attached hydrogen (secondary N) is 2. The van der Waals surface area contributed by atoms with Crippen LogP contribution in [0.2, 0.25) is 10.0 Å². The second kappa shape index (κ2) is 10.8. The van der Waals surface area contributed by atoms with Crippen molar-refractivity contribution in [3.8, 4) is 0 Å². The second-order valence-electron chi connectivity index (χ2n) is 4.92. The zero-order chi connectivity index (χ0) is 16.7. The van der Waals surface area contributed by atoms with Crippen molar-refractivity contribution in [1.82, 2.24) is 15.8 Å². The van der Waals surface area contributed by atoms with Crippen molar-refractivity contribution >= 4 is 53.1 Å². The first-order valence-corrected chi connectivity index (χ1v) is 8.28. The average Bonchev–Trinajstić information content (AvgIpc) is 2.99. The molecule has 0 aliphatic carbocycles. The Balaban J connectivity index is 0.00000288. The Kier molecular flexibility index (Phi) is 9.46. The van der Waals surface area contributed by atoms with Gasteiger partial charge in [0, 0.05) is 22.7 Å². The molecule has 132 valence electrons. The Hall–Kier alpha value is -0.990. The van der Waals surface area contributed by atoms with Crippen molar-refractivity contribution in [2.75, 3.05) is 6.54 Å². The van der Waals surface area contributed by atoms with E-state index in [1.54, 1.807) is 12.1 Å². The van der Waals surface area contributed by atoms with E-state index in [0.29, 0.717) is 29.1 Å². The third-order valence-corrected chi connectivity index (χ3v) is 3.75. The number of hydrogen-bond acceptors (Lipinski definition) is 3. The third-order valence-electron chi connectivity index (χ3n) is 3.17. The summed E-state index contributed by atoms with van der Waals surface area (Å²) in [7, 11) is 0. The van der Waals surface area contributed by atoms with E-state index in [2.05, 4.69) is 20.8 Å². The zero-order valence-electron chi connectivity index (χ0n) is 13.6. The lowest BCUT2D eigenvalue weighted by atomic mass is 10.2. The first kappa shape index (κ1) is 21.1. The van der Waals surface area contributed by atoms with Crippen molar-refractivity contribution in [2.24, 2.45) is 4.99 Å². The van der Waals surface area contributed by atoms with E-state index in [-0.39, 0.29) is 24.0 Å². The Morgan fingerprint density at radius 1 is 1.21 bits per heavy atom. The predicted molar refractivity (Wildman–Crippen MR) is 109 cm³/mol. The average molecular weight is 483 g/mol. The fourth-order valence-corrected chi connectivity index (χ4v) is 2.40. The minimum Gasteiger partial charge on any atom is -0.359 e. The van der Waals surface area contributed by atoms with E-state index in [4.69, 9.17) is 27.7 Å². The molecule has 0 aliphatic heterocycles. The summed E-state index contributed by atoms with van der Waals surface area (Å²) >= 11 is 12.1. The molecule has 0 bridgehead atoms. The number of hydrogen-bond donors (Lipinski definition) is 2. The summed E-state index contributed by atoms with van der Waals surface area (Å²) in [5.74, 6) is 1.46. The molecule has 24 heavy (non-hydrogen) atoms. The molecule has 2 aromatic rings. The van der Waals surface area contributed by atoms with Gasteiger partial charge in [0.05, 0.1) is 18.8 Å². The lowest BCUT2D eigenvalue weighted by Gasteiger charge is -2.10. The molecule has 0 amide bonds.